The second kappa shape index (κ2) is 18.6. The summed E-state index contributed by atoms with van der Waals surface area (Å²) in [6.45, 7) is 5.55. The molecule has 0 N–H and O–H groups in total. The van der Waals surface area contributed by atoms with E-state index in [0.29, 0.717) is 30.6 Å². The minimum absolute atomic E-state index is 0.0622. The van der Waals surface area contributed by atoms with E-state index < -0.39 is 11.6 Å². The van der Waals surface area contributed by atoms with Crippen molar-refractivity contribution in [1.82, 2.24) is 0 Å². The molecule has 4 aromatic carbocycles. The van der Waals surface area contributed by atoms with Crippen LogP contribution >= 0.6 is 15.9 Å². The highest BCUT2D eigenvalue weighted by atomic mass is 79.9. The molecule has 0 radical (unpaired) electrons. The topological polar surface area (TPSA) is 54.0 Å². The Balaban J connectivity index is 0.000000236. The molecule has 8 heteroatoms. The summed E-state index contributed by atoms with van der Waals surface area (Å²) in [5.74, 6) is -0.620. The number of aldehydes is 1. The molecular weight excluding hydrogens is 618 g/mol. The number of hydrogen-bond donors (Lipinski definition) is 0. The smallest absolute Gasteiger partial charge is 0.208 e. The molecule has 0 aliphatic carbocycles. The minimum Gasteiger partial charge on any atom is -0.490 e. The van der Waals surface area contributed by atoms with Crippen LogP contribution in [0.25, 0.3) is 0 Å². The van der Waals surface area contributed by atoms with Crippen LogP contribution in [-0.2, 0) is 13.2 Å². The Kier molecular flexibility index (Phi) is 14.5. The second-order valence-electron chi connectivity index (χ2n) is 9.56. The minimum atomic E-state index is -0.628. The van der Waals surface area contributed by atoms with Crippen LogP contribution in [0.15, 0.2) is 89.4 Å². The summed E-state index contributed by atoms with van der Waals surface area (Å²) in [5, 5.41) is 0. The van der Waals surface area contributed by atoms with Crippen LogP contribution in [0.4, 0.5) is 8.78 Å². The first-order valence-corrected chi connectivity index (χ1v) is 15.1. The first-order valence-electron chi connectivity index (χ1n) is 14.3. The Bertz CT molecular complexity index is 1400. The summed E-state index contributed by atoms with van der Waals surface area (Å²) >= 11 is 3.32. The van der Waals surface area contributed by atoms with Crippen molar-refractivity contribution in [2.45, 2.75) is 52.7 Å². The van der Waals surface area contributed by atoms with Gasteiger partial charge in [-0.25, -0.2) is 0 Å². The van der Waals surface area contributed by atoms with Gasteiger partial charge in [-0.05, 0) is 64.2 Å². The Morgan fingerprint density at radius 2 is 1.09 bits per heavy atom. The van der Waals surface area contributed by atoms with Gasteiger partial charge in [-0.15, -0.1) is 0 Å². The predicted molar refractivity (Wildman–Crippen MR) is 168 cm³/mol. The molecule has 5 nitrogen and oxygen atoms in total. The molecule has 0 saturated carbocycles. The normalized spacial score (nSPS) is 10.3. The quantitative estimate of drug-likeness (QED) is 0.0943. The lowest BCUT2D eigenvalue weighted by Gasteiger charge is -2.13. The maximum absolute atomic E-state index is 14.4. The lowest BCUT2D eigenvalue weighted by atomic mass is 10.2. The number of carbonyl (C=O) groups is 1. The lowest BCUT2D eigenvalue weighted by molar-refractivity contribution is 0.111. The zero-order valence-electron chi connectivity index (χ0n) is 24.5. The summed E-state index contributed by atoms with van der Waals surface area (Å²) in [5.41, 5.74) is 2.06. The van der Waals surface area contributed by atoms with Crippen molar-refractivity contribution in [1.29, 1.82) is 0 Å². The largest absolute Gasteiger partial charge is 0.490 e. The summed E-state index contributed by atoms with van der Waals surface area (Å²) in [6, 6.07) is 25.4. The second-order valence-corrected chi connectivity index (χ2v) is 10.4. The third-order valence-corrected chi connectivity index (χ3v) is 6.82. The number of ether oxygens (including phenoxy) is 4. The van der Waals surface area contributed by atoms with E-state index in [1.807, 2.05) is 67.6 Å². The molecule has 0 spiro atoms. The van der Waals surface area contributed by atoms with Gasteiger partial charge in [0.1, 0.15) is 13.2 Å². The van der Waals surface area contributed by atoms with E-state index >= 15 is 0 Å². The van der Waals surface area contributed by atoms with Gasteiger partial charge in [-0.1, -0.05) is 87.4 Å². The zero-order valence-corrected chi connectivity index (χ0v) is 26.1. The van der Waals surface area contributed by atoms with E-state index in [-0.39, 0.29) is 35.2 Å². The number of halogens is 3. The Morgan fingerprint density at radius 1 is 0.628 bits per heavy atom. The standard InChI is InChI=1S/C18H19FO3.C17H18BrFO2/c1-2-3-11-21-16-10-9-15(12-20)18(17(16)19)22-13-14-7-5-4-6-8-14;1-2-3-11-20-15-10-9-14(18)17(16(15)19)21-12-13-7-5-4-6-8-13/h4-10,12H,2-3,11,13H2,1H3;4-10H,2-3,11-12H2,1H3. The third-order valence-electron chi connectivity index (χ3n) is 6.20. The summed E-state index contributed by atoms with van der Waals surface area (Å²) in [6.07, 6.45) is 4.30. The van der Waals surface area contributed by atoms with Gasteiger partial charge in [0.15, 0.2) is 29.3 Å². The highest BCUT2D eigenvalue weighted by Gasteiger charge is 2.17. The fourth-order valence-corrected chi connectivity index (χ4v) is 4.20. The molecule has 0 fully saturated rings. The molecule has 43 heavy (non-hydrogen) atoms. The van der Waals surface area contributed by atoms with Gasteiger partial charge in [0.25, 0.3) is 0 Å². The molecule has 0 heterocycles. The molecule has 0 aromatic heterocycles. The van der Waals surface area contributed by atoms with E-state index in [9.17, 15) is 13.6 Å². The third kappa shape index (κ3) is 10.7. The Hall–Kier alpha value is -3.91. The number of rotatable bonds is 15. The first kappa shape index (κ1) is 33.6. The molecule has 0 saturated heterocycles. The van der Waals surface area contributed by atoms with Crippen molar-refractivity contribution in [3.63, 3.8) is 0 Å². The van der Waals surface area contributed by atoms with Crippen molar-refractivity contribution < 1.29 is 32.5 Å². The van der Waals surface area contributed by atoms with Gasteiger partial charge in [0, 0.05) is 0 Å². The molecule has 0 aliphatic heterocycles. The highest BCUT2D eigenvalue weighted by molar-refractivity contribution is 9.10. The highest BCUT2D eigenvalue weighted by Crippen LogP contribution is 2.35. The first-order chi connectivity index (χ1) is 21.0. The van der Waals surface area contributed by atoms with Gasteiger partial charge >= 0.3 is 0 Å². The fourth-order valence-electron chi connectivity index (χ4n) is 3.77. The molecule has 0 atom stereocenters. The van der Waals surface area contributed by atoms with E-state index in [1.54, 1.807) is 12.1 Å². The average molecular weight is 656 g/mol. The van der Waals surface area contributed by atoms with Crippen LogP contribution in [0.2, 0.25) is 0 Å². The van der Waals surface area contributed by atoms with Crippen LogP contribution < -0.4 is 18.9 Å². The van der Waals surface area contributed by atoms with Crippen molar-refractivity contribution >= 4 is 22.2 Å². The van der Waals surface area contributed by atoms with Gasteiger partial charge in [0.2, 0.25) is 11.6 Å². The predicted octanol–water partition coefficient (Wildman–Crippen LogP) is 9.74. The maximum atomic E-state index is 14.4. The number of benzene rings is 4. The van der Waals surface area contributed by atoms with Crippen molar-refractivity contribution in [3.8, 4) is 23.0 Å². The summed E-state index contributed by atoms with van der Waals surface area (Å²) < 4.78 is 51.4. The molecule has 228 valence electrons. The monoisotopic (exact) mass is 654 g/mol. The SMILES string of the molecule is CCCCOc1ccc(Br)c(OCc2ccccc2)c1F.CCCCOc1ccc(C=O)c(OCc2ccccc2)c1F. The summed E-state index contributed by atoms with van der Waals surface area (Å²) in [7, 11) is 0. The molecule has 4 aromatic rings. The molecule has 0 bridgehead atoms. The average Bonchev–Trinajstić information content (AvgIpc) is 3.03. The molecule has 0 aliphatic rings. The zero-order chi connectivity index (χ0) is 30.9. The number of unbranched alkanes of at least 4 members (excludes halogenated alkanes) is 2. The van der Waals surface area contributed by atoms with E-state index in [4.69, 9.17) is 18.9 Å². The molecule has 4 rings (SSSR count). The van der Waals surface area contributed by atoms with Crippen LogP contribution in [0.5, 0.6) is 23.0 Å². The van der Waals surface area contributed by atoms with E-state index in [0.717, 1.165) is 36.8 Å². The lowest BCUT2D eigenvalue weighted by Crippen LogP contribution is -2.04. The van der Waals surface area contributed by atoms with Gasteiger partial charge in [-0.2, -0.15) is 8.78 Å². The van der Waals surface area contributed by atoms with Crippen molar-refractivity contribution in [2.24, 2.45) is 0 Å². The fraction of sp³-hybridized carbons (Fsp3) is 0.286. The van der Waals surface area contributed by atoms with Crippen LogP contribution in [-0.4, -0.2) is 19.5 Å². The molecule has 0 unspecified atom stereocenters. The van der Waals surface area contributed by atoms with Crippen molar-refractivity contribution in [2.75, 3.05) is 13.2 Å². The van der Waals surface area contributed by atoms with Crippen LogP contribution in [0, 0.1) is 11.6 Å². The maximum Gasteiger partial charge on any atom is 0.208 e. The van der Waals surface area contributed by atoms with Crippen molar-refractivity contribution in [3.05, 3.63) is 118 Å². The Morgan fingerprint density at radius 3 is 1.58 bits per heavy atom. The van der Waals surface area contributed by atoms with E-state index in [1.165, 1.54) is 12.1 Å². The van der Waals surface area contributed by atoms with Crippen LogP contribution in [0.1, 0.15) is 61.0 Å². The Labute approximate surface area is 260 Å². The number of hydrogen-bond acceptors (Lipinski definition) is 5. The summed E-state index contributed by atoms with van der Waals surface area (Å²) in [4.78, 5) is 11.1. The van der Waals surface area contributed by atoms with Crippen LogP contribution in [0.3, 0.4) is 0 Å². The number of carbonyl (C=O) groups excluding carboxylic acids is 1. The van der Waals surface area contributed by atoms with Gasteiger partial charge < -0.3 is 18.9 Å². The van der Waals surface area contributed by atoms with Gasteiger partial charge in [0.05, 0.1) is 23.2 Å². The molecular formula is C35H37BrF2O5. The van der Waals surface area contributed by atoms with Gasteiger partial charge in [-0.3, -0.25) is 4.79 Å². The molecule has 0 amide bonds. The van der Waals surface area contributed by atoms with E-state index in [2.05, 4.69) is 22.9 Å².